The minimum Gasteiger partial charge on any atom is -0.366 e. The number of benzene rings is 2. The highest BCUT2D eigenvalue weighted by molar-refractivity contribution is 5.90. The van der Waals surface area contributed by atoms with Crippen LogP contribution in [0.2, 0.25) is 0 Å². The van der Waals surface area contributed by atoms with Crippen LogP contribution in [0.4, 0.5) is 5.82 Å². The minimum absolute atomic E-state index is 0.0736. The lowest BCUT2D eigenvalue weighted by Crippen LogP contribution is -2.30. The van der Waals surface area contributed by atoms with Crippen LogP contribution in [0.1, 0.15) is 17.9 Å². The molecule has 3 N–H and O–H groups in total. The lowest BCUT2D eigenvalue weighted by atomic mass is 10.1. The molecule has 6 heteroatoms. The smallest absolute Gasteiger partial charge is 0.272 e. The van der Waals surface area contributed by atoms with Gasteiger partial charge >= 0.3 is 0 Å². The highest BCUT2D eigenvalue weighted by atomic mass is 16.2. The number of aromatic amines is 1. The molecule has 1 aliphatic rings. The second-order valence-corrected chi connectivity index (χ2v) is 6.52. The summed E-state index contributed by atoms with van der Waals surface area (Å²) < 4.78 is 0. The van der Waals surface area contributed by atoms with Gasteiger partial charge in [-0.25, -0.2) is 5.10 Å². The van der Waals surface area contributed by atoms with Gasteiger partial charge in [0.15, 0.2) is 5.82 Å². The first kappa shape index (κ1) is 16.3. The number of carbonyl (C=O) groups excluding carboxylic acids is 1. The summed E-state index contributed by atoms with van der Waals surface area (Å²) >= 11 is 0. The number of hydrogen-bond donors (Lipinski definition) is 3. The molecule has 1 fully saturated rings. The van der Waals surface area contributed by atoms with Gasteiger partial charge in [0, 0.05) is 24.4 Å². The summed E-state index contributed by atoms with van der Waals surface area (Å²) in [5, 5.41) is 14.1. The van der Waals surface area contributed by atoms with E-state index in [0.717, 1.165) is 11.8 Å². The normalized spacial score (nSPS) is 18.5. The number of carbonyl (C=O) groups is 1. The third-order valence-electron chi connectivity index (χ3n) is 4.77. The molecule has 2 aromatic carbocycles. The zero-order valence-corrected chi connectivity index (χ0v) is 14.2. The van der Waals surface area contributed by atoms with E-state index in [4.69, 9.17) is 0 Å². The predicted molar refractivity (Wildman–Crippen MR) is 101 cm³/mol. The van der Waals surface area contributed by atoms with Crippen molar-refractivity contribution in [2.75, 3.05) is 18.4 Å². The first-order valence-electron chi connectivity index (χ1n) is 8.78. The van der Waals surface area contributed by atoms with Crippen molar-refractivity contribution >= 4 is 22.5 Å². The molecule has 1 heterocycles. The molecule has 1 aromatic heterocycles. The Labute approximate surface area is 150 Å². The number of aromatic nitrogens is 2. The van der Waals surface area contributed by atoms with Gasteiger partial charge in [0.25, 0.3) is 5.56 Å². The zero-order valence-electron chi connectivity index (χ0n) is 14.2. The summed E-state index contributed by atoms with van der Waals surface area (Å²) in [6, 6.07) is 17.5. The maximum absolute atomic E-state index is 12.3. The van der Waals surface area contributed by atoms with Crippen molar-refractivity contribution in [1.29, 1.82) is 0 Å². The molecule has 1 amide bonds. The number of fused-ring (bicyclic) bond motifs is 1. The van der Waals surface area contributed by atoms with E-state index in [1.54, 1.807) is 6.07 Å². The maximum atomic E-state index is 12.3. The number of H-pyrrole nitrogens is 1. The van der Waals surface area contributed by atoms with Crippen molar-refractivity contribution in [2.24, 2.45) is 5.92 Å². The van der Waals surface area contributed by atoms with Gasteiger partial charge in [-0.15, -0.1) is 0 Å². The molecule has 0 spiro atoms. The second kappa shape index (κ2) is 7.00. The molecular weight excluding hydrogens is 328 g/mol. The van der Waals surface area contributed by atoms with Crippen molar-refractivity contribution in [2.45, 2.75) is 12.3 Å². The molecule has 1 aliphatic carbocycles. The molecule has 0 saturated heterocycles. The highest BCUT2D eigenvalue weighted by Gasteiger charge is 2.43. The largest absolute Gasteiger partial charge is 0.366 e. The number of amides is 1. The fourth-order valence-corrected chi connectivity index (χ4v) is 3.30. The van der Waals surface area contributed by atoms with E-state index in [-0.39, 0.29) is 17.4 Å². The maximum Gasteiger partial charge on any atom is 0.272 e. The average molecular weight is 348 g/mol. The minimum atomic E-state index is -0.208. The van der Waals surface area contributed by atoms with E-state index in [2.05, 4.69) is 33.0 Å². The molecular formula is C20H20N4O2. The molecule has 0 radical (unpaired) electrons. The Morgan fingerprint density at radius 1 is 1.04 bits per heavy atom. The Hall–Kier alpha value is -3.15. The van der Waals surface area contributed by atoms with Gasteiger partial charge in [-0.05, 0) is 24.0 Å². The van der Waals surface area contributed by atoms with Gasteiger partial charge in [0.1, 0.15) is 0 Å². The SMILES string of the molecule is O=C(NCCNc1n[nH]c(=O)c2ccccc12)C1CC1c1ccccc1. The Morgan fingerprint density at radius 3 is 2.58 bits per heavy atom. The molecule has 4 rings (SSSR count). The Bertz CT molecular complexity index is 984. The predicted octanol–water partition coefficient (Wildman–Crippen LogP) is 2.25. The summed E-state index contributed by atoms with van der Waals surface area (Å²) in [5.41, 5.74) is 1.02. The third-order valence-corrected chi connectivity index (χ3v) is 4.77. The molecule has 3 aromatic rings. The standard InChI is InChI=1S/C20H20N4O2/c25-19(17-12-16(17)13-6-2-1-3-7-13)22-11-10-21-18-14-8-4-5-9-15(14)20(26)24-23-18/h1-9,16-17H,10-12H2,(H,21,23)(H,22,25)(H,24,26). The number of rotatable bonds is 6. The highest BCUT2D eigenvalue weighted by Crippen LogP contribution is 2.47. The van der Waals surface area contributed by atoms with Crippen molar-refractivity contribution in [3.05, 3.63) is 70.5 Å². The van der Waals surface area contributed by atoms with Crippen molar-refractivity contribution in [3.63, 3.8) is 0 Å². The van der Waals surface area contributed by atoms with Crippen LogP contribution in [0.3, 0.4) is 0 Å². The number of nitrogens with one attached hydrogen (secondary N) is 3. The first-order valence-corrected chi connectivity index (χ1v) is 8.78. The van der Waals surface area contributed by atoms with E-state index < -0.39 is 0 Å². The van der Waals surface area contributed by atoms with Gasteiger partial charge in [0.05, 0.1) is 5.39 Å². The van der Waals surface area contributed by atoms with E-state index in [1.165, 1.54) is 5.56 Å². The molecule has 26 heavy (non-hydrogen) atoms. The summed E-state index contributed by atoms with van der Waals surface area (Å²) in [5.74, 6) is 1.13. The molecule has 0 bridgehead atoms. The second-order valence-electron chi connectivity index (χ2n) is 6.52. The zero-order chi connectivity index (χ0) is 17.9. The molecule has 2 unspecified atom stereocenters. The van der Waals surface area contributed by atoms with E-state index >= 15 is 0 Å². The first-order chi connectivity index (χ1) is 12.7. The van der Waals surface area contributed by atoms with Gasteiger partial charge in [-0.1, -0.05) is 48.5 Å². The summed E-state index contributed by atoms with van der Waals surface area (Å²) in [7, 11) is 0. The molecule has 1 saturated carbocycles. The quantitative estimate of drug-likeness (QED) is 0.596. The van der Waals surface area contributed by atoms with Crippen LogP contribution >= 0.6 is 0 Å². The van der Waals surface area contributed by atoms with Crippen molar-refractivity contribution in [3.8, 4) is 0 Å². The Morgan fingerprint density at radius 2 is 1.77 bits per heavy atom. The molecule has 6 nitrogen and oxygen atoms in total. The Kier molecular flexibility index (Phi) is 4.39. The van der Waals surface area contributed by atoms with Crippen LogP contribution in [0, 0.1) is 5.92 Å². The van der Waals surface area contributed by atoms with Gasteiger partial charge < -0.3 is 10.6 Å². The Balaban J connectivity index is 1.29. The summed E-state index contributed by atoms with van der Waals surface area (Å²) in [6.45, 7) is 1.05. The van der Waals surface area contributed by atoms with Crippen molar-refractivity contribution in [1.82, 2.24) is 15.5 Å². The fraction of sp³-hybridized carbons (Fsp3) is 0.250. The van der Waals surface area contributed by atoms with E-state index in [9.17, 15) is 9.59 Å². The third kappa shape index (κ3) is 3.31. The van der Waals surface area contributed by atoms with Crippen LogP contribution in [-0.2, 0) is 4.79 Å². The molecule has 0 aliphatic heterocycles. The van der Waals surface area contributed by atoms with Crippen LogP contribution < -0.4 is 16.2 Å². The monoisotopic (exact) mass is 348 g/mol. The summed E-state index contributed by atoms with van der Waals surface area (Å²) in [6.07, 6.45) is 0.912. The van der Waals surface area contributed by atoms with E-state index in [0.29, 0.717) is 30.2 Å². The fourth-order valence-electron chi connectivity index (χ4n) is 3.30. The lowest BCUT2D eigenvalue weighted by Gasteiger charge is -2.09. The summed E-state index contributed by atoms with van der Waals surface area (Å²) in [4.78, 5) is 24.0. The van der Waals surface area contributed by atoms with Crippen LogP contribution in [0.5, 0.6) is 0 Å². The lowest BCUT2D eigenvalue weighted by molar-refractivity contribution is -0.122. The number of nitrogens with zero attached hydrogens (tertiary/aromatic N) is 1. The van der Waals surface area contributed by atoms with E-state index in [1.807, 2.05) is 36.4 Å². The molecule has 132 valence electrons. The molecule has 2 atom stereocenters. The van der Waals surface area contributed by atoms with Crippen LogP contribution in [0.15, 0.2) is 59.4 Å². The number of anilines is 1. The van der Waals surface area contributed by atoms with Crippen LogP contribution in [0.25, 0.3) is 10.8 Å². The van der Waals surface area contributed by atoms with Gasteiger partial charge in [-0.2, -0.15) is 5.10 Å². The van der Waals surface area contributed by atoms with Crippen molar-refractivity contribution < 1.29 is 4.79 Å². The van der Waals surface area contributed by atoms with Crippen LogP contribution in [-0.4, -0.2) is 29.2 Å². The number of hydrogen-bond acceptors (Lipinski definition) is 4. The van der Waals surface area contributed by atoms with Gasteiger partial charge in [-0.3, -0.25) is 9.59 Å². The topological polar surface area (TPSA) is 86.9 Å². The van der Waals surface area contributed by atoms with Gasteiger partial charge in [0.2, 0.25) is 5.91 Å². The average Bonchev–Trinajstić information content (AvgIpc) is 3.48.